The third-order valence-electron chi connectivity index (χ3n) is 3.56. The van der Waals surface area contributed by atoms with Gasteiger partial charge in [-0.1, -0.05) is 0 Å². The molecule has 0 aliphatic carbocycles. The second-order valence-corrected chi connectivity index (χ2v) is 7.80. The molecule has 1 unspecified atom stereocenters. The zero-order valence-corrected chi connectivity index (χ0v) is 15.2. The quantitative estimate of drug-likeness (QED) is 0.607. The molecular formula is C16H15BrN4O2S. The maximum Gasteiger partial charge on any atom is 0.243 e. The molecule has 24 heavy (non-hydrogen) atoms. The van der Waals surface area contributed by atoms with E-state index in [0.29, 0.717) is 5.69 Å². The fourth-order valence-corrected chi connectivity index (χ4v) is 3.70. The van der Waals surface area contributed by atoms with Crippen LogP contribution >= 0.6 is 27.3 Å². The number of thiophene rings is 1. The van der Waals surface area contributed by atoms with Gasteiger partial charge in [0.25, 0.3) is 0 Å². The van der Waals surface area contributed by atoms with Crippen molar-refractivity contribution >= 4 is 55.7 Å². The summed E-state index contributed by atoms with van der Waals surface area (Å²) < 4.78 is 0.976. The van der Waals surface area contributed by atoms with E-state index < -0.39 is 0 Å². The number of fused-ring (bicyclic) bond motifs is 1. The summed E-state index contributed by atoms with van der Waals surface area (Å²) in [7, 11) is 0. The van der Waals surface area contributed by atoms with E-state index >= 15 is 0 Å². The number of benzene rings is 1. The molecule has 0 fully saturated rings. The van der Waals surface area contributed by atoms with Crippen LogP contribution in [0.4, 0.5) is 5.69 Å². The number of rotatable bonds is 5. The van der Waals surface area contributed by atoms with Gasteiger partial charge >= 0.3 is 0 Å². The lowest BCUT2D eigenvalue weighted by molar-refractivity contribution is -0.124. The zero-order valence-electron chi connectivity index (χ0n) is 12.8. The molecular weight excluding hydrogens is 392 g/mol. The number of hydrogen-bond donors (Lipinski definition) is 3. The molecule has 6 nitrogen and oxygen atoms in total. The zero-order chi connectivity index (χ0) is 17.1. The van der Waals surface area contributed by atoms with Gasteiger partial charge in [0.05, 0.1) is 28.0 Å². The molecule has 0 aliphatic heterocycles. The first kappa shape index (κ1) is 16.7. The summed E-state index contributed by atoms with van der Waals surface area (Å²) in [5, 5.41) is 13.2. The minimum absolute atomic E-state index is 0.0727. The Bertz CT molecular complexity index is 889. The number of nitrogens with zero attached hydrogens (tertiary/aromatic N) is 1. The third kappa shape index (κ3) is 3.82. The van der Waals surface area contributed by atoms with Crippen molar-refractivity contribution in [2.75, 3.05) is 11.9 Å². The smallest absolute Gasteiger partial charge is 0.243 e. The van der Waals surface area contributed by atoms with E-state index in [1.54, 1.807) is 18.3 Å². The predicted octanol–water partition coefficient (Wildman–Crippen LogP) is 3.25. The number of anilines is 1. The molecule has 2 aromatic heterocycles. The summed E-state index contributed by atoms with van der Waals surface area (Å²) in [6, 6.07) is 9.27. The van der Waals surface area contributed by atoms with Crippen molar-refractivity contribution in [2.45, 2.75) is 12.8 Å². The van der Waals surface area contributed by atoms with Gasteiger partial charge in [-0.15, -0.1) is 11.3 Å². The molecule has 0 spiro atoms. The van der Waals surface area contributed by atoms with Gasteiger partial charge in [-0.2, -0.15) is 5.10 Å². The molecule has 0 saturated heterocycles. The van der Waals surface area contributed by atoms with E-state index in [1.165, 1.54) is 11.3 Å². The second-order valence-electron chi connectivity index (χ2n) is 5.30. The van der Waals surface area contributed by atoms with Crippen molar-refractivity contribution in [2.24, 2.45) is 0 Å². The average Bonchev–Trinajstić information content (AvgIpc) is 3.20. The Kier molecular flexibility index (Phi) is 4.96. The number of carbonyl (C=O) groups excluding carboxylic acids is 2. The number of hydrogen-bond acceptors (Lipinski definition) is 4. The topological polar surface area (TPSA) is 86.9 Å². The van der Waals surface area contributed by atoms with Crippen LogP contribution in [0.25, 0.3) is 10.9 Å². The Morgan fingerprint density at radius 2 is 2.17 bits per heavy atom. The summed E-state index contributed by atoms with van der Waals surface area (Å²) in [5.74, 6) is -0.749. The van der Waals surface area contributed by atoms with Crippen LogP contribution in [-0.4, -0.2) is 28.6 Å². The van der Waals surface area contributed by atoms with Crippen LogP contribution in [0.1, 0.15) is 17.7 Å². The van der Waals surface area contributed by atoms with Gasteiger partial charge in [-0.25, -0.2) is 0 Å². The van der Waals surface area contributed by atoms with Gasteiger partial charge in [-0.3, -0.25) is 14.7 Å². The highest BCUT2D eigenvalue weighted by Gasteiger charge is 2.17. The van der Waals surface area contributed by atoms with Crippen molar-refractivity contribution in [1.29, 1.82) is 0 Å². The van der Waals surface area contributed by atoms with Crippen LogP contribution < -0.4 is 10.6 Å². The fraction of sp³-hybridized carbons (Fsp3) is 0.188. The Labute approximate surface area is 150 Å². The van der Waals surface area contributed by atoms with Crippen LogP contribution in [0, 0.1) is 0 Å². The van der Waals surface area contributed by atoms with Crippen molar-refractivity contribution in [3.8, 4) is 0 Å². The molecule has 124 valence electrons. The van der Waals surface area contributed by atoms with E-state index in [-0.39, 0.29) is 24.3 Å². The highest BCUT2D eigenvalue weighted by atomic mass is 79.9. The van der Waals surface area contributed by atoms with Gasteiger partial charge in [-0.05, 0) is 53.2 Å². The van der Waals surface area contributed by atoms with Crippen molar-refractivity contribution in [1.82, 2.24) is 15.5 Å². The molecule has 0 radical (unpaired) electrons. The number of carbonyl (C=O) groups is 2. The molecule has 8 heteroatoms. The highest BCUT2D eigenvalue weighted by Crippen LogP contribution is 2.28. The van der Waals surface area contributed by atoms with Gasteiger partial charge in [0, 0.05) is 16.0 Å². The van der Waals surface area contributed by atoms with E-state index in [0.717, 1.165) is 19.6 Å². The van der Waals surface area contributed by atoms with Crippen LogP contribution in [0.2, 0.25) is 0 Å². The second kappa shape index (κ2) is 7.14. The number of amides is 2. The van der Waals surface area contributed by atoms with E-state index in [2.05, 4.69) is 36.8 Å². The first-order valence-electron chi connectivity index (χ1n) is 7.29. The van der Waals surface area contributed by atoms with E-state index in [9.17, 15) is 9.59 Å². The lowest BCUT2D eigenvalue weighted by atomic mass is 10.1. The third-order valence-corrected chi connectivity index (χ3v) is 5.37. The lowest BCUT2D eigenvalue weighted by Crippen LogP contribution is -2.35. The molecule has 2 heterocycles. The van der Waals surface area contributed by atoms with Crippen LogP contribution in [0.15, 0.2) is 40.3 Å². The van der Waals surface area contributed by atoms with E-state index in [1.807, 2.05) is 25.1 Å². The number of halogens is 1. The molecule has 3 N–H and O–H groups in total. The number of H-pyrrole nitrogens is 1. The van der Waals surface area contributed by atoms with Crippen LogP contribution in [0.3, 0.4) is 0 Å². The standard InChI is InChI=1S/C16H15BrN4O2S/c1-9(13-4-5-14(17)24-13)16(23)18-8-15(22)20-11-3-2-10-7-19-21-12(10)6-11/h2-7,9H,8H2,1H3,(H,18,23)(H,19,21)(H,20,22). The number of nitrogens with one attached hydrogen (secondary N) is 3. The van der Waals surface area contributed by atoms with Crippen molar-refractivity contribution < 1.29 is 9.59 Å². The summed E-state index contributed by atoms with van der Waals surface area (Å²) in [5.41, 5.74) is 1.50. The summed E-state index contributed by atoms with van der Waals surface area (Å²) in [6.45, 7) is 1.74. The molecule has 1 atom stereocenters. The van der Waals surface area contributed by atoms with E-state index in [4.69, 9.17) is 0 Å². The highest BCUT2D eigenvalue weighted by molar-refractivity contribution is 9.11. The Morgan fingerprint density at radius 3 is 2.92 bits per heavy atom. The fourth-order valence-electron chi connectivity index (χ4n) is 2.23. The van der Waals surface area contributed by atoms with Gasteiger partial charge < -0.3 is 10.6 Å². The molecule has 1 aromatic carbocycles. The Morgan fingerprint density at radius 1 is 1.33 bits per heavy atom. The minimum Gasteiger partial charge on any atom is -0.346 e. The minimum atomic E-state index is -0.296. The van der Waals surface area contributed by atoms with Crippen LogP contribution in [-0.2, 0) is 9.59 Å². The molecule has 0 saturated carbocycles. The Balaban J connectivity index is 1.54. The largest absolute Gasteiger partial charge is 0.346 e. The average molecular weight is 407 g/mol. The summed E-state index contributed by atoms with van der Waals surface area (Å²) in [6.07, 6.45) is 1.71. The lowest BCUT2D eigenvalue weighted by Gasteiger charge is -2.11. The maximum absolute atomic E-state index is 12.1. The van der Waals surface area contributed by atoms with Gasteiger partial charge in [0.2, 0.25) is 11.8 Å². The molecule has 3 aromatic rings. The molecule has 3 rings (SSSR count). The van der Waals surface area contributed by atoms with Crippen molar-refractivity contribution in [3.05, 3.63) is 45.2 Å². The van der Waals surface area contributed by atoms with Crippen LogP contribution in [0.5, 0.6) is 0 Å². The first-order chi connectivity index (χ1) is 11.5. The number of aromatic nitrogens is 2. The molecule has 0 aliphatic rings. The van der Waals surface area contributed by atoms with Gasteiger partial charge in [0.15, 0.2) is 0 Å². The summed E-state index contributed by atoms with van der Waals surface area (Å²) in [4.78, 5) is 25.1. The monoisotopic (exact) mass is 406 g/mol. The SMILES string of the molecule is CC(C(=O)NCC(=O)Nc1ccc2cn[nH]c2c1)c1ccc(Br)s1. The maximum atomic E-state index is 12.1. The van der Waals surface area contributed by atoms with Gasteiger partial charge in [0.1, 0.15) is 0 Å². The normalized spacial score (nSPS) is 12.1. The summed E-state index contributed by atoms with van der Waals surface area (Å²) >= 11 is 4.89. The first-order valence-corrected chi connectivity index (χ1v) is 8.90. The molecule has 2 amide bonds. The van der Waals surface area contributed by atoms with Crippen molar-refractivity contribution in [3.63, 3.8) is 0 Å². The Hall–Kier alpha value is -2.19. The molecule has 0 bridgehead atoms. The number of aromatic amines is 1. The predicted molar refractivity (Wildman–Crippen MR) is 98.2 cm³/mol.